The number of carbonyl (C=O) groups excluding carboxylic acids is 4. The van der Waals surface area contributed by atoms with Crippen LogP contribution in [0.3, 0.4) is 0 Å². The van der Waals surface area contributed by atoms with E-state index in [2.05, 4.69) is 136 Å². The lowest BCUT2D eigenvalue weighted by molar-refractivity contribution is -0.144. The van der Waals surface area contributed by atoms with Crippen LogP contribution in [0.5, 0.6) is 0 Å². The van der Waals surface area contributed by atoms with Crippen LogP contribution in [0.1, 0.15) is 62.7 Å². The van der Waals surface area contributed by atoms with E-state index in [4.69, 9.17) is 53.9 Å². The molecule has 3 fully saturated rings. The number of fused-ring (bicyclic) bond motifs is 5. The summed E-state index contributed by atoms with van der Waals surface area (Å²) in [6.45, 7) is 9.44. The third kappa shape index (κ3) is 29.5. The lowest BCUT2D eigenvalue weighted by atomic mass is 9.81. The van der Waals surface area contributed by atoms with Gasteiger partial charge in [0.15, 0.2) is 0 Å². The number of aromatic amines is 1. The predicted molar refractivity (Wildman–Crippen MR) is 503 cm³/mol. The number of aromatic nitrogens is 10. The highest BCUT2D eigenvalue weighted by Gasteiger charge is 2.23. The molecular weight excluding hydrogens is 2050 g/mol. The summed E-state index contributed by atoms with van der Waals surface area (Å²) in [5.41, 5.74) is 9.89. The van der Waals surface area contributed by atoms with Crippen LogP contribution in [0.4, 0.5) is 5.69 Å². The SMILES string of the molecule is C1CCNC1.CCOC(=O)CBr.CCOC(=O)Cn1cnc2cccc(Br)c2c1=O.Nc1cccc(Br)c1C(=O)O.O=C(Cn1cnc2cccc(-c3ccc(Cl)cc3)c2c1=O)N1CCCC1.O=C(Cn1cnc2cccc(Br)c2c1=O)N1CCCC1.O=C(O)Cn1cnc2cccc(Br)c2c1=O.O=c1[nH]cnc2cccc(Br)c12.OB(O)c1ccc(Cl)cc1. The van der Waals surface area contributed by atoms with Gasteiger partial charge in [0.05, 0.1) is 105 Å². The van der Waals surface area contributed by atoms with Gasteiger partial charge in [-0.2, -0.15) is 0 Å². The summed E-state index contributed by atoms with van der Waals surface area (Å²) in [6, 6.07) is 45.5. The van der Waals surface area contributed by atoms with Crippen molar-refractivity contribution >= 4 is 227 Å². The fourth-order valence-corrected chi connectivity index (χ4v) is 15.3. The highest BCUT2D eigenvalue weighted by atomic mass is 79.9. The van der Waals surface area contributed by atoms with Gasteiger partial charge in [0, 0.05) is 64.3 Å². The Kier molecular flexibility index (Phi) is 40.4. The van der Waals surface area contributed by atoms with E-state index in [0.717, 1.165) is 72.0 Å². The van der Waals surface area contributed by atoms with E-state index >= 15 is 0 Å². The number of hydrogen-bond donors (Lipinski definition) is 7. The van der Waals surface area contributed by atoms with E-state index in [1.807, 2.05) is 53.4 Å². The maximum atomic E-state index is 13.1. The Balaban J connectivity index is 0.000000180. The van der Waals surface area contributed by atoms with Gasteiger partial charge in [0.25, 0.3) is 27.8 Å². The van der Waals surface area contributed by atoms with Gasteiger partial charge in [-0.05, 0) is 253 Å². The van der Waals surface area contributed by atoms with Gasteiger partial charge in [-0.3, -0.25) is 66.2 Å². The van der Waals surface area contributed by atoms with Gasteiger partial charge in [-0.15, -0.1) is 0 Å². The quantitative estimate of drug-likeness (QED) is 0.0230. The second-order valence-corrected chi connectivity index (χ2v) is 32.6. The molecule has 0 saturated carbocycles. The van der Waals surface area contributed by atoms with Crippen molar-refractivity contribution in [2.45, 2.75) is 78.6 Å². The van der Waals surface area contributed by atoms with Crippen molar-refractivity contribution in [2.24, 2.45) is 0 Å². The Bertz CT molecular complexity index is 6230. The van der Waals surface area contributed by atoms with E-state index in [-0.39, 0.29) is 89.6 Å². The number of hydrogen-bond acceptors (Lipinski definition) is 22. The van der Waals surface area contributed by atoms with Crippen molar-refractivity contribution in [3.8, 4) is 11.1 Å². The number of ether oxygens (including phenoxy) is 2. The smallest absolute Gasteiger partial charge is 0.480 e. The van der Waals surface area contributed by atoms with Gasteiger partial charge in [-0.1, -0.05) is 106 Å². The molecule has 3 aliphatic rings. The molecule has 0 radical (unpaired) electrons. The summed E-state index contributed by atoms with van der Waals surface area (Å²) >= 11 is 30.8. The van der Waals surface area contributed by atoms with Crippen molar-refractivity contribution in [1.82, 2.24) is 63.3 Å². The first-order valence-electron chi connectivity index (χ1n) is 38.5. The minimum atomic E-state index is -1.41. The fourth-order valence-electron chi connectivity index (χ4n) is 12.2. The highest BCUT2D eigenvalue weighted by Crippen LogP contribution is 2.28. The number of alkyl halides is 1. The van der Waals surface area contributed by atoms with Crippen LogP contribution in [-0.2, 0) is 59.6 Å². The first-order chi connectivity index (χ1) is 59.9. The Morgan fingerprint density at radius 1 is 0.456 bits per heavy atom. The van der Waals surface area contributed by atoms with Crippen molar-refractivity contribution in [1.29, 1.82) is 0 Å². The number of amides is 2. The molecule has 40 heteroatoms. The number of nitrogens with zero attached hydrogens (tertiary/aromatic N) is 11. The van der Waals surface area contributed by atoms with Crippen LogP contribution < -0.4 is 44.3 Å². The van der Waals surface area contributed by atoms with Gasteiger partial charge in [-0.25, -0.2) is 29.7 Å². The second-order valence-electron chi connectivity index (χ2n) is 26.9. The zero-order valence-electron chi connectivity index (χ0n) is 67.0. The molecule has 125 heavy (non-hydrogen) atoms. The minimum absolute atomic E-state index is 0.0159. The molecule has 0 aliphatic carbocycles. The van der Waals surface area contributed by atoms with Gasteiger partial charge in [0.2, 0.25) is 11.8 Å². The number of aliphatic carboxylic acids is 1. The topological polar surface area (TPSA) is 432 Å². The normalized spacial score (nSPS) is 12.2. The molecule has 2 amide bonds. The van der Waals surface area contributed by atoms with E-state index in [1.54, 1.807) is 128 Å². The third-order valence-corrected chi connectivity index (χ3v) is 22.5. The number of anilines is 1. The molecule has 3 aliphatic heterocycles. The number of halogens is 8. The third-order valence-electron chi connectivity index (χ3n) is 18.3. The molecule has 3 saturated heterocycles. The van der Waals surface area contributed by atoms with Crippen molar-refractivity contribution in [3.05, 3.63) is 279 Å². The minimum Gasteiger partial charge on any atom is -0.480 e. The Labute approximate surface area is 774 Å². The average Bonchev–Trinajstić information content (AvgIpc) is 1.24. The Hall–Kier alpha value is -10.5. The Morgan fingerprint density at radius 3 is 1.19 bits per heavy atom. The molecule has 8 aromatic carbocycles. The van der Waals surface area contributed by atoms with E-state index in [1.165, 1.54) is 71.3 Å². The van der Waals surface area contributed by atoms with Gasteiger partial charge < -0.3 is 55.6 Å². The predicted octanol–water partition coefficient (Wildman–Crippen LogP) is 12.8. The molecule has 8 N–H and O–H groups in total. The zero-order chi connectivity index (χ0) is 90.8. The number of rotatable bonds is 14. The molecular formula is C85H83BBr6Cl2N14O17. The number of carboxylic acid groups (broad SMARTS) is 2. The van der Waals surface area contributed by atoms with Crippen LogP contribution in [0.15, 0.2) is 236 Å². The number of nitrogen functional groups attached to an aromatic ring is 1. The number of carbonyl (C=O) groups is 6. The molecule has 31 nitrogen and oxygen atoms in total. The van der Waals surface area contributed by atoms with Crippen molar-refractivity contribution in [3.63, 3.8) is 0 Å². The molecule has 0 bridgehead atoms. The number of likely N-dealkylation sites (tertiary alicyclic amines) is 2. The highest BCUT2D eigenvalue weighted by molar-refractivity contribution is 9.11. The summed E-state index contributed by atoms with van der Waals surface area (Å²) < 4.78 is 17.7. The van der Waals surface area contributed by atoms with Crippen molar-refractivity contribution < 1.29 is 58.5 Å². The van der Waals surface area contributed by atoms with E-state index in [9.17, 15) is 52.7 Å². The number of nitrogens with two attached hydrogens (primary N) is 1. The van der Waals surface area contributed by atoms with E-state index in [0.29, 0.717) is 99.9 Å². The number of benzene rings is 8. The first kappa shape index (κ1) is 99.9. The Morgan fingerprint density at radius 2 is 0.824 bits per heavy atom. The van der Waals surface area contributed by atoms with Gasteiger partial charge >= 0.3 is 31.0 Å². The molecule has 0 unspecified atom stereocenters. The van der Waals surface area contributed by atoms with Crippen molar-refractivity contribution in [2.75, 3.05) is 63.5 Å². The zero-order valence-corrected chi connectivity index (χ0v) is 78.1. The van der Waals surface area contributed by atoms with E-state index < -0.39 is 25.0 Å². The van der Waals surface area contributed by atoms with Crippen LogP contribution in [0.2, 0.25) is 10.0 Å². The molecule has 16 rings (SSSR count). The molecule has 0 atom stereocenters. The number of esters is 2. The lowest BCUT2D eigenvalue weighted by Gasteiger charge is -2.16. The summed E-state index contributed by atoms with van der Waals surface area (Å²) in [6.07, 6.45) is 13.8. The van der Waals surface area contributed by atoms with Crippen LogP contribution in [0.25, 0.3) is 65.6 Å². The lowest BCUT2D eigenvalue weighted by Crippen LogP contribution is -2.34. The van der Waals surface area contributed by atoms with Gasteiger partial charge in [0.1, 0.15) is 31.5 Å². The largest absolute Gasteiger partial charge is 0.488 e. The molecule has 0 spiro atoms. The second kappa shape index (κ2) is 50.6. The standard InChI is InChI=1S/C20H18ClN3O2.C14H14BrN3O2.C12H11BrN2O3.C10H7BrN2O3.C8H5BrN2O.C7H6BrNO2.C6H6BClO2.C4H7BrO2.C4H9N/c21-15-8-6-14(7-9-15)16-4-3-5-17-19(16)20(26)24(13-22-17)12-18(25)23-10-1-2-11-23;15-10-4-3-5-11-13(10)14(20)18(9-16-11)8-12(19)17-6-1-2-7-17;1-2-18-10(16)6-15-7-14-9-5-3-4-8(13)11(9)12(15)17;11-6-2-1-3-7-9(6)10(16)13(5-12-7)4-8(14)15;9-5-2-1-3-6-7(5)8(12)11-4-10-6;8-4-2-1-3-5(9)6(4)7(10)11;8-6-3-1-5(2-4-6)7(9)10;1-2-7-4(6)3-5;1-2-4-5-3-1/h3-9,13H,1-2,10-12H2;3-5,9H,1-2,6-8H2;3-5,7H,2,6H2,1H3;1-3,5H,4H2,(H,14,15);1-4H,(H,10,11,12);1-3H,9H2,(H,10,11);1-4,9-10H;2-3H2,1H3;5H,1-4H2. The maximum absolute atomic E-state index is 13.1. The number of nitrogens with one attached hydrogen (secondary N) is 2. The average molecular weight is 2130 g/mol. The number of aromatic carboxylic acids is 1. The summed E-state index contributed by atoms with van der Waals surface area (Å²) in [5, 5.41) is 41.8. The molecule has 5 aromatic heterocycles. The fraction of sp³-hybridized carbons (Fsp3) is 0.247. The van der Waals surface area contributed by atoms with Crippen LogP contribution in [-0.4, -0.2) is 179 Å². The molecule has 8 heterocycles. The van der Waals surface area contributed by atoms with Crippen LogP contribution >= 0.6 is 119 Å². The monoisotopic (exact) mass is 2130 g/mol. The maximum Gasteiger partial charge on any atom is 0.488 e. The number of H-pyrrole nitrogens is 1. The summed E-state index contributed by atoms with van der Waals surface area (Å²) in [4.78, 5) is 155. The summed E-state index contributed by atoms with van der Waals surface area (Å²) in [5.74, 6) is -2.80. The van der Waals surface area contributed by atoms with Crippen LogP contribution in [0, 0.1) is 0 Å². The first-order valence-corrected chi connectivity index (χ1v) is 44.3. The molecule has 13 aromatic rings. The molecule has 654 valence electrons. The number of carboxylic acids is 2. The summed E-state index contributed by atoms with van der Waals surface area (Å²) in [7, 11) is -1.41.